The third kappa shape index (κ3) is 1.99. The first-order valence-corrected chi connectivity index (χ1v) is 6.22. The van der Waals surface area contributed by atoms with Crippen LogP contribution in [0.25, 0.3) is 10.9 Å². The van der Waals surface area contributed by atoms with Crippen molar-refractivity contribution in [1.29, 1.82) is 0 Å². The molecule has 2 aromatic heterocycles. The molecule has 2 heterocycles. The number of aromatic nitrogens is 2. The van der Waals surface area contributed by atoms with E-state index in [1.165, 1.54) is 4.90 Å². The normalized spacial score (nSPS) is 10.7. The van der Waals surface area contributed by atoms with Crippen molar-refractivity contribution in [3.8, 4) is 0 Å². The van der Waals surface area contributed by atoms with Gasteiger partial charge in [-0.1, -0.05) is 6.07 Å². The molecule has 0 bridgehead atoms. The Morgan fingerprint density at radius 3 is 2.80 bits per heavy atom. The average molecular weight is 266 g/mol. The lowest BCUT2D eigenvalue weighted by atomic mass is 10.2. The van der Waals surface area contributed by atoms with Gasteiger partial charge in [0.1, 0.15) is 5.82 Å². The zero-order valence-corrected chi connectivity index (χ0v) is 11.0. The summed E-state index contributed by atoms with van der Waals surface area (Å²) in [5, 5.41) is 1.05. The van der Waals surface area contributed by atoms with E-state index in [1.807, 2.05) is 48.1 Å². The number of rotatable bonds is 2. The summed E-state index contributed by atoms with van der Waals surface area (Å²) < 4.78 is 2.02. The number of carbonyl (C=O) groups excluding carboxylic acids is 1. The number of amides is 2. The van der Waals surface area contributed by atoms with Crippen molar-refractivity contribution < 1.29 is 4.79 Å². The van der Waals surface area contributed by atoms with Crippen LogP contribution >= 0.6 is 0 Å². The smallest absolute Gasteiger partial charge is 0.325 e. The fourth-order valence-corrected chi connectivity index (χ4v) is 2.27. The van der Waals surface area contributed by atoms with Gasteiger partial charge in [-0.25, -0.2) is 14.7 Å². The van der Waals surface area contributed by atoms with Gasteiger partial charge in [-0.2, -0.15) is 0 Å². The minimum Gasteiger partial charge on any atom is -0.351 e. The van der Waals surface area contributed by atoms with Gasteiger partial charge in [0.25, 0.3) is 0 Å². The maximum absolute atomic E-state index is 11.7. The van der Waals surface area contributed by atoms with Gasteiger partial charge in [-0.3, -0.25) is 0 Å². The summed E-state index contributed by atoms with van der Waals surface area (Å²) in [7, 11) is 1.98. The van der Waals surface area contributed by atoms with Crippen molar-refractivity contribution in [1.82, 2.24) is 9.55 Å². The molecule has 2 N–H and O–H groups in total. The molecule has 2 amide bonds. The van der Waals surface area contributed by atoms with E-state index < -0.39 is 6.03 Å². The minimum atomic E-state index is -0.556. The van der Waals surface area contributed by atoms with Crippen molar-refractivity contribution in [3.63, 3.8) is 0 Å². The maximum atomic E-state index is 11.7. The summed E-state index contributed by atoms with van der Waals surface area (Å²) in [6.07, 6.45) is 3.61. The second kappa shape index (κ2) is 4.70. The molecule has 0 unspecified atom stereocenters. The molecule has 3 rings (SSSR count). The van der Waals surface area contributed by atoms with Crippen molar-refractivity contribution >= 4 is 28.4 Å². The standard InChI is InChI=1S/C15H14N4O/c1-18-9-7-11-10-12(5-6-13(11)18)19(15(16)20)14-4-2-3-8-17-14/h2-10H,1H3,(H2,16,20). The van der Waals surface area contributed by atoms with Crippen LogP contribution in [0.15, 0.2) is 54.9 Å². The quantitative estimate of drug-likeness (QED) is 0.775. The highest BCUT2D eigenvalue weighted by atomic mass is 16.2. The molecule has 5 nitrogen and oxygen atoms in total. The number of aryl methyl sites for hydroxylation is 1. The fraction of sp³-hybridized carbons (Fsp3) is 0.0667. The Balaban J connectivity index is 2.12. The number of anilines is 2. The zero-order chi connectivity index (χ0) is 14.1. The lowest BCUT2D eigenvalue weighted by Gasteiger charge is -2.19. The van der Waals surface area contributed by atoms with E-state index in [0.29, 0.717) is 11.5 Å². The number of nitrogens with zero attached hydrogens (tertiary/aromatic N) is 3. The summed E-state index contributed by atoms with van der Waals surface area (Å²) >= 11 is 0. The summed E-state index contributed by atoms with van der Waals surface area (Å²) in [5.74, 6) is 0.510. The maximum Gasteiger partial charge on any atom is 0.325 e. The molecule has 20 heavy (non-hydrogen) atoms. The summed E-state index contributed by atoms with van der Waals surface area (Å²) in [6, 6.07) is 12.6. The number of carbonyl (C=O) groups is 1. The van der Waals surface area contributed by atoms with Gasteiger partial charge in [-0.15, -0.1) is 0 Å². The fourth-order valence-electron chi connectivity index (χ4n) is 2.27. The zero-order valence-electron chi connectivity index (χ0n) is 11.0. The average Bonchev–Trinajstić information content (AvgIpc) is 2.81. The van der Waals surface area contributed by atoms with E-state index in [0.717, 1.165) is 10.9 Å². The number of hydrogen-bond donors (Lipinski definition) is 1. The van der Waals surface area contributed by atoms with Crippen LogP contribution in [-0.2, 0) is 7.05 Å². The third-order valence-electron chi connectivity index (χ3n) is 3.23. The SMILES string of the molecule is Cn1ccc2cc(N(C(N)=O)c3ccccn3)ccc21. The molecular formula is C15H14N4O. The minimum absolute atomic E-state index is 0.510. The predicted molar refractivity (Wildman–Crippen MR) is 78.9 cm³/mol. The van der Waals surface area contributed by atoms with Gasteiger partial charge >= 0.3 is 6.03 Å². The number of nitrogens with two attached hydrogens (primary N) is 1. The lowest BCUT2D eigenvalue weighted by molar-refractivity contribution is 0.256. The van der Waals surface area contributed by atoms with Crippen molar-refractivity contribution in [3.05, 3.63) is 54.9 Å². The Bertz CT molecular complexity index is 764. The van der Waals surface area contributed by atoms with Crippen LogP contribution in [0.4, 0.5) is 16.3 Å². The second-order valence-corrected chi connectivity index (χ2v) is 4.53. The Hall–Kier alpha value is -2.82. The highest BCUT2D eigenvalue weighted by Crippen LogP contribution is 2.27. The number of benzene rings is 1. The number of fused-ring (bicyclic) bond motifs is 1. The van der Waals surface area contributed by atoms with Crippen molar-refractivity contribution in [2.24, 2.45) is 12.8 Å². The van der Waals surface area contributed by atoms with Crippen molar-refractivity contribution in [2.45, 2.75) is 0 Å². The van der Waals surface area contributed by atoms with Gasteiger partial charge < -0.3 is 10.3 Å². The van der Waals surface area contributed by atoms with Crippen LogP contribution in [0.5, 0.6) is 0 Å². The van der Waals surface area contributed by atoms with Crippen LogP contribution in [0.3, 0.4) is 0 Å². The Kier molecular flexibility index (Phi) is 2.87. The highest BCUT2D eigenvalue weighted by molar-refractivity contribution is 5.99. The molecule has 1 aromatic carbocycles. The van der Waals surface area contributed by atoms with E-state index in [2.05, 4.69) is 4.98 Å². The topological polar surface area (TPSA) is 64.2 Å². The molecule has 0 aliphatic rings. The molecule has 0 saturated heterocycles. The number of pyridine rings is 1. The summed E-state index contributed by atoms with van der Waals surface area (Å²) in [5.41, 5.74) is 7.29. The third-order valence-corrected chi connectivity index (χ3v) is 3.23. The predicted octanol–water partition coefficient (Wildman–Crippen LogP) is 2.79. The summed E-state index contributed by atoms with van der Waals surface area (Å²) in [4.78, 5) is 17.3. The molecule has 5 heteroatoms. The highest BCUT2D eigenvalue weighted by Gasteiger charge is 2.16. The van der Waals surface area contributed by atoms with E-state index in [1.54, 1.807) is 18.3 Å². The van der Waals surface area contributed by atoms with Crippen LogP contribution in [0, 0.1) is 0 Å². The van der Waals surface area contributed by atoms with Gasteiger partial charge in [0.05, 0.1) is 5.69 Å². The molecule has 0 aliphatic carbocycles. The Morgan fingerprint density at radius 2 is 2.10 bits per heavy atom. The molecule has 3 aromatic rings. The molecule has 100 valence electrons. The number of urea groups is 1. The first-order valence-electron chi connectivity index (χ1n) is 6.22. The molecule has 0 fully saturated rings. The van der Waals surface area contributed by atoms with Crippen LogP contribution in [0.2, 0.25) is 0 Å². The second-order valence-electron chi connectivity index (χ2n) is 4.53. The Labute approximate surface area is 116 Å². The summed E-state index contributed by atoms with van der Waals surface area (Å²) in [6.45, 7) is 0. The molecule has 0 radical (unpaired) electrons. The Morgan fingerprint density at radius 1 is 1.25 bits per heavy atom. The van der Waals surface area contributed by atoms with Crippen LogP contribution in [-0.4, -0.2) is 15.6 Å². The lowest BCUT2D eigenvalue weighted by Crippen LogP contribution is -2.31. The van der Waals surface area contributed by atoms with E-state index in [9.17, 15) is 4.79 Å². The molecular weight excluding hydrogens is 252 g/mol. The van der Waals surface area contributed by atoms with Crippen LogP contribution < -0.4 is 10.6 Å². The molecule has 0 saturated carbocycles. The van der Waals surface area contributed by atoms with Gasteiger partial charge in [0, 0.05) is 30.3 Å². The first kappa shape index (κ1) is 12.2. The largest absolute Gasteiger partial charge is 0.351 e. The first-order chi connectivity index (χ1) is 9.66. The number of primary amides is 1. The van der Waals surface area contributed by atoms with E-state index in [4.69, 9.17) is 5.73 Å². The van der Waals surface area contributed by atoms with E-state index in [-0.39, 0.29) is 0 Å². The molecule has 0 aliphatic heterocycles. The van der Waals surface area contributed by atoms with Gasteiger partial charge in [0.2, 0.25) is 0 Å². The van der Waals surface area contributed by atoms with Gasteiger partial charge in [0.15, 0.2) is 0 Å². The van der Waals surface area contributed by atoms with Gasteiger partial charge in [-0.05, 0) is 36.4 Å². The number of hydrogen-bond acceptors (Lipinski definition) is 2. The monoisotopic (exact) mass is 266 g/mol. The van der Waals surface area contributed by atoms with Crippen LogP contribution in [0.1, 0.15) is 0 Å². The molecule has 0 atom stereocenters. The van der Waals surface area contributed by atoms with E-state index >= 15 is 0 Å². The molecule has 0 spiro atoms. The van der Waals surface area contributed by atoms with Crippen molar-refractivity contribution in [2.75, 3.05) is 4.90 Å².